The van der Waals surface area contributed by atoms with E-state index in [-0.39, 0.29) is 5.91 Å². The second-order valence-corrected chi connectivity index (χ2v) is 4.28. The third-order valence-corrected chi connectivity index (χ3v) is 2.42. The maximum Gasteiger partial charge on any atom is 0.224 e. The lowest BCUT2D eigenvalue weighted by atomic mass is 10.3. The van der Waals surface area contributed by atoms with E-state index in [1.807, 2.05) is 26.8 Å². The number of hydrogen-bond donors (Lipinski definition) is 3. The van der Waals surface area contributed by atoms with Crippen LogP contribution in [-0.4, -0.2) is 35.5 Å². The Bertz CT molecular complexity index is 408. The second kappa shape index (κ2) is 8.29. The van der Waals surface area contributed by atoms with Crippen molar-refractivity contribution in [2.24, 2.45) is 0 Å². The zero-order valence-electron chi connectivity index (χ0n) is 11.9. The first-order valence-corrected chi connectivity index (χ1v) is 6.75. The van der Waals surface area contributed by atoms with Crippen LogP contribution in [0.5, 0.6) is 0 Å². The van der Waals surface area contributed by atoms with Crippen molar-refractivity contribution in [1.29, 1.82) is 0 Å². The van der Waals surface area contributed by atoms with Crippen LogP contribution in [0, 0.1) is 6.92 Å². The fourth-order valence-electron chi connectivity index (χ4n) is 1.60. The number of nitrogens with zero attached hydrogens (tertiary/aromatic N) is 2. The SMILES string of the molecule is CCCC(=O)NCCNc1cc(C)nc(NCC)n1. The molecule has 0 bridgehead atoms. The van der Waals surface area contributed by atoms with Crippen LogP contribution in [0.3, 0.4) is 0 Å². The van der Waals surface area contributed by atoms with Gasteiger partial charge >= 0.3 is 0 Å². The van der Waals surface area contributed by atoms with E-state index in [4.69, 9.17) is 0 Å². The molecule has 0 saturated carbocycles. The molecule has 6 heteroatoms. The number of nitrogens with one attached hydrogen (secondary N) is 3. The van der Waals surface area contributed by atoms with E-state index in [0.29, 0.717) is 25.5 Å². The van der Waals surface area contributed by atoms with Crippen molar-refractivity contribution in [2.75, 3.05) is 30.3 Å². The third-order valence-electron chi connectivity index (χ3n) is 2.42. The van der Waals surface area contributed by atoms with Crippen LogP contribution in [-0.2, 0) is 4.79 Å². The molecule has 0 saturated heterocycles. The van der Waals surface area contributed by atoms with E-state index in [0.717, 1.165) is 24.5 Å². The van der Waals surface area contributed by atoms with Crippen molar-refractivity contribution in [3.05, 3.63) is 11.8 Å². The molecule has 0 aliphatic rings. The Morgan fingerprint density at radius 1 is 1.21 bits per heavy atom. The van der Waals surface area contributed by atoms with E-state index in [9.17, 15) is 4.79 Å². The molecule has 1 rings (SSSR count). The Morgan fingerprint density at radius 3 is 2.68 bits per heavy atom. The van der Waals surface area contributed by atoms with Crippen LogP contribution in [0.15, 0.2) is 6.07 Å². The monoisotopic (exact) mass is 265 g/mol. The quantitative estimate of drug-likeness (QED) is 0.621. The maximum atomic E-state index is 11.3. The number of hydrogen-bond acceptors (Lipinski definition) is 5. The molecule has 3 N–H and O–H groups in total. The Morgan fingerprint density at radius 2 is 2.00 bits per heavy atom. The van der Waals surface area contributed by atoms with E-state index in [1.54, 1.807) is 0 Å². The highest BCUT2D eigenvalue weighted by molar-refractivity contribution is 5.75. The molecule has 6 nitrogen and oxygen atoms in total. The van der Waals surface area contributed by atoms with Gasteiger partial charge in [-0.1, -0.05) is 6.92 Å². The van der Waals surface area contributed by atoms with Crippen LogP contribution in [0.4, 0.5) is 11.8 Å². The molecule has 1 aromatic rings. The van der Waals surface area contributed by atoms with Crippen molar-refractivity contribution in [3.63, 3.8) is 0 Å². The minimum Gasteiger partial charge on any atom is -0.368 e. The lowest BCUT2D eigenvalue weighted by Gasteiger charge is -2.09. The summed E-state index contributed by atoms with van der Waals surface area (Å²) >= 11 is 0. The summed E-state index contributed by atoms with van der Waals surface area (Å²) in [7, 11) is 0. The summed E-state index contributed by atoms with van der Waals surface area (Å²) in [5, 5.41) is 9.11. The highest BCUT2D eigenvalue weighted by atomic mass is 16.1. The van der Waals surface area contributed by atoms with E-state index in [2.05, 4.69) is 25.9 Å². The molecule has 0 atom stereocenters. The van der Waals surface area contributed by atoms with Gasteiger partial charge in [0.05, 0.1) is 0 Å². The fourth-order valence-corrected chi connectivity index (χ4v) is 1.60. The van der Waals surface area contributed by atoms with E-state index < -0.39 is 0 Å². The third kappa shape index (κ3) is 6.03. The number of carbonyl (C=O) groups is 1. The average Bonchev–Trinajstić information content (AvgIpc) is 2.35. The van der Waals surface area contributed by atoms with E-state index >= 15 is 0 Å². The molecule has 0 radical (unpaired) electrons. The predicted molar refractivity (Wildman–Crippen MR) is 77.3 cm³/mol. The van der Waals surface area contributed by atoms with Gasteiger partial charge in [-0.3, -0.25) is 4.79 Å². The van der Waals surface area contributed by atoms with Crippen LogP contribution in [0.25, 0.3) is 0 Å². The Balaban J connectivity index is 2.38. The molecule has 1 amide bonds. The van der Waals surface area contributed by atoms with Gasteiger partial charge in [-0.15, -0.1) is 0 Å². The molecule has 19 heavy (non-hydrogen) atoms. The van der Waals surface area contributed by atoms with Crippen molar-refractivity contribution >= 4 is 17.7 Å². The molecule has 0 aliphatic carbocycles. The van der Waals surface area contributed by atoms with Gasteiger partial charge in [0.1, 0.15) is 5.82 Å². The number of aromatic nitrogens is 2. The van der Waals surface area contributed by atoms with Gasteiger partial charge in [-0.25, -0.2) is 4.98 Å². The molecule has 0 aliphatic heterocycles. The van der Waals surface area contributed by atoms with Crippen LogP contribution in [0.1, 0.15) is 32.4 Å². The van der Waals surface area contributed by atoms with Gasteiger partial charge in [0.2, 0.25) is 11.9 Å². The number of carbonyl (C=O) groups excluding carboxylic acids is 1. The van der Waals surface area contributed by atoms with Crippen molar-refractivity contribution in [3.8, 4) is 0 Å². The van der Waals surface area contributed by atoms with Crippen LogP contribution in [0.2, 0.25) is 0 Å². The van der Waals surface area contributed by atoms with E-state index in [1.165, 1.54) is 0 Å². The molecule has 0 unspecified atom stereocenters. The summed E-state index contributed by atoms with van der Waals surface area (Å²) < 4.78 is 0. The highest BCUT2D eigenvalue weighted by Gasteiger charge is 2.01. The van der Waals surface area contributed by atoms with Crippen LogP contribution < -0.4 is 16.0 Å². The first-order valence-electron chi connectivity index (χ1n) is 6.75. The van der Waals surface area contributed by atoms with Gasteiger partial charge in [-0.05, 0) is 20.3 Å². The van der Waals surface area contributed by atoms with Gasteiger partial charge in [0.15, 0.2) is 0 Å². The first-order chi connectivity index (χ1) is 9.15. The van der Waals surface area contributed by atoms with Gasteiger partial charge in [0.25, 0.3) is 0 Å². The topological polar surface area (TPSA) is 78.9 Å². The van der Waals surface area contributed by atoms with Gasteiger partial charge in [0, 0.05) is 37.8 Å². The Labute approximate surface area is 114 Å². The molecule has 0 fully saturated rings. The molecule has 0 aromatic carbocycles. The minimum absolute atomic E-state index is 0.0940. The average molecular weight is 265 g/mol. The number of rotatable bonds is 8. The molecule has 1 heterocycles. The Hall–Kier alpha value is -1.85. The lowest BCUT2D eigenvalue weighted by Crippen LogP contribution is -2.28. The zero-order valence-corrected chi connectivity index (χ0v) is 11.9. The summed E-state index contributed by atoms with van der Waals surface area (Å²) in [5.41, 5.74) is 0.906. The van der Waals surface area contributed by atoms with Gasteiger partial charge in [-0.2, -0.15) is 4.98 Å². The normalized spacial score (nSPS) is 10.1. The summed E-state index contributed by atoms with van der Waals surface area (Å²) in [6.07, 6.45) is 1.45. The second-order valence-electron chi connectivity index (χ2n) is 4.28. The summed E-state index contributed by atoms with van der Waals surface area (Å²) in [6, 6.07) is 1.88. The lowest BCUT2D eigenvalue weighted by molar-refractivity contribution is -0.121. The number of amides is 1. The van der Waals surface area contributed by atoms with Crippen molar-refractivity contribution < 1.29 is 4.79 Å². The molecule has 0 spiro atoms. The minimum atomic E-state index is 0.0940. The Kier molecular flexibility index (Phi) is 6.63. The molecule has 106 valence electrons. The zero-order chi connectivity index (χ0) is 14.1. The number of aryl methyl sites for hydroxylation is 1. The number of anilines is 2. The molecular formula is C13H23N5O. The summed E-state index contributed by atoms with van der Waals surface area (Å²) in [5.74, 6) is 1.49. The van der Waals surface area contributed by atoms with Crippen LogP contribution >= 0.6 is 0 Å². The smallest absolute Gasteiger partial charge is 0.224 e. The van der Waals surface area contributed by atoms with Crippen molar-refractivity contribution in [2.45, 2.75) is 33.6 Å². The maximum absolute atomic E-state index is 11.3. The molecule has 1 aromatic heterocycles. The fraction of sp³-hybridized carbons (Fsp3) is 0.615. The first kappa shape index (κ1) is 15.2. The summed E-state index contributed by atoms with van der Waals surface area (Å²) in [4.78, 5) is 19.9. The van der Waals surface area contributed by atoms with Gasteiger partial charge < -0.3 is 16.0 Å². The summed E-state index contributed by atoms with van der Waals surface area (Å²) in [6.45, 7) is 7.95. The molecular weight excluding hydrogens is 242 g/mol. The largest absolute Gasteiger partial charge is 0.368 e. The predicted octanol–water partition coefficient (Wildman–Crippen LogP) is 1.55. The standard InChI is InChI=1S/C13H23N5O/c1-4-6-12(19)16-8-7-15-11-9-10(3)17-13(18-11)14-5-2/h9H,4-8H2,1-3H3,(H,16,19)(H2,14,15,17,18). The highest BCUT2D eigenvalue weighted by Crippen LogP contribution is 2.08. The van der Waals surface area contributed by atoms with Crippen molar-refractivity contribution in [1.82, 2.24) is 15.3 Å².